The van der Waals surface area contributed by atoms with Crippen LogP contribution in [0.3, 0.4) is 0 Å². The third kappa shape index (κ3) is 4.67. The van der Waals surface area contributed by atoms with Crippen LogP contribution in [0, 0.1) is 11.6 Å². The Balaban J connectivity index is 1.23. The number of aromatic amines is 1. The summed E-state index contributed by atoms with van der Waals surface area (Å²) < 4.78 is 47.3. The van der Waals surface area contributed by atoms with Crippen LogP contribution in [0.15, 0.2) is 54.6 Å². The number of hydrogen-bond acceptors (Lipinski definition) is 6. The van der Waals surface area contributed by atoms with E-state index in [1.807, 2.05) is 24.3 Å². The lowest BCUT2D eigenvalue weighted by molar-refractivity contribution is -0.00390. The molecule has 7 nitrogen and oxygen atoms in total. The molecule has 0 spiro atoms. The zero-order chi connectivity index (χ0) is 26.2. The summed E-state index contributed by atoms with van der Waals surface area (Å²) >= 11 is 0. The van der Waals surface area contributed by atoms with Crippen LogP contribution in [-0.4, -0.2) is 58.3 Å². The van der Waals surface area contributed by atoms with Gasteiger partial charge in [0.15, 0.2) is 11.9 Å². The van der Waals surface area contributed by atoms with Crippen LogP contribution in [0.25, 0.3) is 33.3 Å². The monoisotopic (exact) mass is 522 g/mol. The van der Waals surface area contributed by atoms with Crippen molar-refractivity contribution in [1.82, 2.24) is 9.97 Å². The van der Waals surface area contributed by atoms with Crippen molar-refractivity contribution >= 4 is 11.0 Å². The molecule has 0 bridgehead atoms. The van der Waals surface area contributed by atoms with Crippen LogP contribution < -0.4 is 4.74 Å². The second-order valence-corrected chi connectivity index (χ2v) is 9.74. The fourth-order valence-corrected chi connectivity index (χ4v) is 5.16. The SMILES string of the molecule is OC[C@H]1OC[C@@H](Oc2nc3c(F)c(-c4ccc(-c5ccc(C6CCCCO6)cc5)cc4)c(F)cc3[nH]2)[C@@H]1O. The van der Waals surface area contributed by atoms with Gasteiger partial charge in [0.25, 0.3) is 6.01 Å². The average Bonchev–Trinajstić information content (AvgIpc) is 3.52. The Morgan fingerprint density at radius 2 is 1.68 bits per heavy atom. The summed E-state index contributed by atoms with van der Waals surface area (Å²) in [7, 11) is 0. The van der Waals surface area contributed by atoms with Gasteiger partial charge in [0.1, 0.15) is 23.5 Å². The van der Waals surface area contributed by atoms with Crippen molar-refractivity contribution in [2.45, 2.75) is 43.7 Å². The molecule has 0 amide bonds. The highest BCUT2D eigenvalue weighted by molar-refractivity contribution is 5.84. The van der Waals surface area contributed by atoms with Crippen molar-refractivity contribution in [3.63, 3.8) is 0 Å². The second kappa shape index (κ2) is 10.4. The van der Waals surface area contributed by atoms with E-state index in [4.69, 9.17) is 14.2 Å². The quantitative estimate of drug-likeness (QED) is 0.333. The normalized spacial score (nSPS) is 23.7. The van der Waals surface area contributed by atoms with E-state index in [0.717, 1.165) is 36.1 Å². The summed E-state index contributed by atoms with van der Waals surface area (Å²) in [5, 5.41) is 19.4. The standard InChI is InChI=1S/C29H28F2N2O5/c30-20-13-21-27(33-29(32-21)38-24-15-37-23(14-34)28(24)35)26(31)25(20)19-10-6-17(7-11-19)16-4-8-18(9-5-16)22-3-1-2-12-36-22/h4-11,13,22-24,28,34-35H,1-3,12,14-15H2,(H,32,33)/t22?,23-,24-,28-/m1/s1. The number of halogens is 2. The molecule has 2 fully saturated rings. The first-order valence-corrected chi connectivity index (χ1v) is 12.8. The number of ether oxygens (including phenoxy) is 3. The number of imidazole rings is 1. The maximum absolute atomic E-state index is 15.5. The summed E-state index contributed by atoms with van der Waals surface area (Å²) in [6.07, 6.45) is 0.816. The number of hydrogen-bond donors (Lipinski definition) is 3. The second-order valence-electron chi connectivity index (χ2n) is 9.74. The molecule has 0 saturated carbocycles. The maximum atomic E-state index is 15.5. The minimum Gasteiger partial charge on any atom is -0.456 e. The predicted octanol–water partition coefficient (Wildman–Crippen LogP) is 4.92. The number of H-pyrrole nitrogens is 1. The van der Waals surface area contributed by atoms with Gasteiger partial charge in [-0.25, -0.2) is 8.78 Å². The molecule has 4 atom stereocenters. The fourth-order valence-electron chi connectivity index (χ4n) is 5.16. The highest BCUT2D eigenvalue weighted by Crippen LogP contribution is 2.34. The molecular formula is C29H28F2N2O5. The van der Waals surface area contributed by atoms with Crippen molar-refractivity contribution < 1.29 is 33.2 Å². The lowest BCUT2D eigenvalue weighted by atomic mass is 9.96. The molecule has 3 heterocycles. The van der Waals surface area contributed by atoms with E-state index in [-0.39, 0.29) is 41.9 Å². The first-order valence-electron chi connectivity index (χ1n) is 12.8. The van der Waals surface area contributed by atoms with E-state index < -0.39 is 29.9 Å². The molecule has 6 rings (SSSR count). The largest absolute Gasteiger partial charge is 0.456 e. The van der Waals surface area contributed by atoms with Crippen LogP contribution in [0.5, 0.6) is 6.01 Å². The van der Waals surface area contributed by atoms with E-state index in [1.54, 1.807) is 12.1 Å². The Kier molecular flexibility index (Phi) is 6.84. The molecule has 1 unspecified atom stereocenters. The van der Waals surface area contributed by atoms with E-state index in [2.05, 4.69) is 22.1 Å². The molecule has 0 aliphatic carbocycles. The molecule has 3 aromatic carbocycles. The highest BCUT2D eigenvalue weighted by Gasteiger charge is 2.37. The number of aromatic nitrogens is 2. The van der Waals surface area contributed by atoms with Crippen LogP contribution in [0.1, 0.15) is 30.9 Å². The molecule has 3 N–H and O–H groups in total. The van der Waals surface area contributed by atoms with E-state index in [1.165, 1.54) is 12.5 Å². The van der Waals surface area contributed by atoms with Crippen molar-refractivity contribution in [3.05, 3.63) is 71.8 Å². The van der Waals surface area contributed by atoms with E-state index >= 15 is 8.78 Å². The number of fused-ring (bicyclic) bond motifs is 1. The Hall–Kier alpha value is -3.37. The van der Waals surface area contributed by atoms with Crippen LogP contribution >= 0.6 is 0 Å². The first-order chi connectivity index (χ1) is 18.5. The summed E-state index contributed by atoms with van der Waals surface area (Å²) in [5.41, 5.74) is 3.35. The predicted molar refractivity (Wildman–Crippen MR) is 137 cm³/mol. The molecule has 4 aromatic rings. The van der Waals surface area contributed by atoms with Crippen LogP contribution in [-0.2, 0) is 9.47 Å². The molecule has 0 radical (unpaired) electrons. The molecule has 2 saturated heterocycles. The lowest BCUT2D eigenvalue weighted by Crippen LogP contribution is -2.36. The van der Waals surface area contributed by atoms with Crippen molar-refractivity contribution in [1.29, 1.82) is 0 Å². The number of nitrogens with one attached hydrogen (secondary N) is 1. The molecule has 9 heteroatoms. The van der Waals surface area contributed by atoms with Crippen molar-refractivity contribution in [2.24, 2.45) is 0 Å². The number of nitrogens with zero attached hydrogens (tertiary/aromatic N) is 1. The zero-order valence-corrected chi connectivity index (χ0v) is 20.6. The molecule has 2 aliphatic heterocycles. The fraction of sp³-hybridized carbons (Fsp3) is 0.345. The maximum Gasteiger partial charge on any atom is 0.295 e. The van der Waals surface area contributed by atoms with Crippen molar-refractivity contribution in [3.8, 4) is 28.3 Å². The molecule has 2 aliphatic rings. The third-order valence-electron chi connectivity index (χ3n) is 7.30. The first kappa shape index (κ1) is 24.9. The van der Waals surface area contributed by atoms with Gasteiger partial charge < -0.3 is 29.4 Å². The minimum absolute atomic E-state index is 0.0367. The minimum atomic E-state index is -1.07. The van der Waals surface area contributed by atoms with E-state index in [9.17, 15) is 10.2 Å². The summed E-state index contributed by atoms with van der Waals surface area (Å²) in [6.45, 7) is 0.474. The average molecular weight is 523 g/mol. The summed E-state index contributed by atoms with van der Waals surface area (Å²) in [4.78, 5) is 6.88. The number of rotatable bonds is 6. The third-order valence-corrected chi connectivity index (χ3v) is 7.30. The van der Waals surface area contributed by atoms with E-state index in [0.29, 0.717) is 5.56 Å². The van der Waals surface area contributed by atoms with Gasteiger partial charge in [-0.1, -0.05) is 48.5 Å². The van der Waals surface area contributed by atoms with Gasteiger partial charge in [-0.15, -0.1) is 0 Å². The Bertz CT molecular complexity index is 1420. The van der Waals surface area contributed by atoms with Gasteiger partial charge in [-0.3, -0.25) is 0 Å². The number of aliphatic hydroxyl groups excluding tert-OH is 2. The van der Waals surface area contributed by atoms with Gasteiger partial charge in [0.05, 0.1) is 30.4 Å². The summed E-state index contributed by atoms with van der Waals surface area (Å²) in [5.74, 6) is -1.55. The lowest BCUT2D eigenvalue weighted by Gasteiger charge is -2.23. The van der Waals surface area contributed by atoms with Crippen molar-refractivity contribution in [2.75, 3.05) is 19.8 Å². The van der Waals surface area contributed by atoms with Crippen LogP contribution in [0.4, 0.5) is 8.78 Å². The Morgan fingerprint density at radius 1 is 0.974 bits per heavy atom. The van der Waals surface area contributed by atoms with Gasteiger partial charge in [0.2, 0.25) is 0 Å². The number of benzene rings is 3. The molecule has 198 valence electrons. The highest BCUT2D eigenvalue weighted by atomic mass is 19.1. The molecule has 38 heavy (non-hydrogen) atoms. The smallest absolute Gasteiger partial charge is 0.295 e. The molecular weight excluding hydrogens is 494 g/mol. The van der Waals surface area contributed by atoms with Gasteiger partial charge in [-0.2, -0.15) is 4.98 Å². The summed E-state index contributed by atoms with van der Waals surface area (Å²) in [6, 6.07) is 16.4. The topological polar surface area (TPSA) is 96.8 Å². The number of aliphatic hydroxyl groups is 2. The van der Waals surface area contributed by atoms with Crippen LogP contribution in [0.2, 0.25) is 0 Å². The van der Waals surface area contributed by atoms with Gasteiger partial charge in [0, 0.05) is 12.7 Å². The van der Waals surface area contributed by atoms with Gasteiger partial charge in [-0.05, 0) is 41.5 Å². The Morgan fingerprint density at radius 3 is 2.34 bits per heavy atom. The molecule has 1 aromatic heterocycles. The van der Waals surface area contributed by atoms with Gasteiger partial charge >= 0.3 is 0 Å². The zero-order valence-electron chi connectivity index (χ0n) is 20.6. The Labute approximate surface area is 218 Å².